The molecule has 2 N–H and O–H groups in total. The van der Waals surface area contributed by atoms with Crippen LogP contribution in [0.3, 0.4) is 0 Å². The fourth-order valence-corrected chi connectivity index (χ4v) is 4.19. The van der Waals surface area contributed by atoms with Gasteiger partial charge in [-0.2, -0.15) is 11.8 Å². The second-order valence-electron chi connectivity index (χ2n) is 4.59. The van der Waals surface area contributed by atoms with Crippen LogP contribution in [0, 0.1) is 0 Å². The van der Waals surface area contributed by atoms with Gasteiger partial charge in [-0.15, -0.1) is 11.3 Å². The summed E-state index contributed by atoms with van der Waals surface area (Å²) in [6, 6.07) is 7.37. The molecule has 0 aliphatic carbocycles. The minimum atomic E-state index is -0.305. The van der Waals surface area contributed by atoms with Crippen molar-refractivity contribution in [3.05, 3.63) is 45.0 Å². The van der Waals surface area contributed by atoms with Crippen molar-refractivity contribution in [1.29, 1.82) is 0 Å². The summed E-state index contributed by atoms with van der Waals surface area (Å²) in [6.45, 7) is 0.921. The van der Waals surface area contributed by atoms with Gasteiger partial charge in [0.2, 0.25) is 5.91 Å². The lowest BCUT2D eigenvalue weighted by atomic mass is 10.3. The minimum absolute atomic E-state index is 0.0655. The maximum Gasteiger partial charge on any atom is 0.286 e. The first-order chi connectivity index (χ1) is 11.1. The van der Waals surface area contributed by atoms with E-state index in [1.807, 2.05) is 6.07 Å². The lowest BCUT2D eigenvalue weighted by Crippen LogP contribution is -2.31. The van der Waals surface area contributed by atoms with E-state index in [1.54, 1.807) is 35.2 Å². The highest BCUT2D eigenvalue weighted by Gasteiger charge is 2.08. The van der Waals surface area contributed by atoms with Gasteiger partial charge in [0.05, 0.1) is 10.0 Å². The molecule has 0 aliphatic rings. The SMILES string of the molecule is O=C(CCNC(=O)c1ccco1)NCCSCc1ccc(Br)s1. The Hall–Kier alpha value is -1.25. The number of amides is 2. The van der Waals surface area contributed by atoms with Gasteiger partial charge in [-0.25, -0.2) is 0 Å². The monoisotopic (exact) mass is 416 g/mol. The Morgan fingerprint density at radius 3 is 2.78 bits per heavy atom. The predicted molar refractivity (Wildman–Crippen MR) is 96.8 cm³/mol. The second-order valence-corrected chi connectivity index (χ2v) is 8.24. The molecule has 2 amide bonds. The molecule has 0 unspecified atom stereocenters. The number of thioether (sulfide) groups is 1. The van der Waals surface area contributed by atoms with Crippen molar-refractivity contribution in [2.24, 2.45) is 0 Å². The number of carbonyl (C=O) groups is 2. The first kappa shape index (κ1) is 18.1. The Balaban J connectivity index is 1.49. The molecule has 2 heterocycles. The molecule has 0 bridgehead atoms. The maximum absolute atomic E-state index is 11.6. The molecular formula is C15H17BrN2O3S2. The smallest absolute Gasteiger partial charge is 0.286 e. The van der Waals surface area contributed by atoms with Gasteiger partial charge in [0.15, 0.2) is 5.76 Å². The molecule has 0 aliphatic heterocycles. The summed E-state index contributed by atoms with van der Waals surface area (Å²) in [6.07, 6.45) is 1.70. The van der Waals surface area contributed by atoms with Crippen LogP contribution in [0.1, 0.15) is 21.9 Å². The predicted octanol–water partition coefficient (Wildman–Crippen LogP) is 3.27. The highest BCUT2D eigenvalue weighted by Crippen LogP contribution is 2.25. The average Bonchev–Trinajstić information content (AvgIpc) is 3.18. The number of hydrogen-bond donors (Lipinski definition) is 2. The lowest BCUT2D eigenvalue weighted by Gasteiger charge is -2.05. The van der Waals surface area contributed by atoms with E-state index in [2.05, 4.69) is 32.6 Å². The zero-order valence-corrected chi connectivity index (χ0v) is 15.6. The highest BCUT2D eigenvalue weighted by atomic mass is 79.9. The van der Waals surface area contributed by atoms with E-state index in [1.165, 1.54) is 11.1 Å². The van der Waals surface area contributed by atoms with Gasteiger partial charge in [-0.05, 0) is 40.2 Å². The number of nitrogens with one attached hydrogen (secondary N) is 2. The van der Waals surface area contributed by atoms with Gasteiger partial charge in [0.1, 0.15) is 0 Å². The van der Waals surface area contributed by atoms with E-state index >= 15 is 0 Å². The van der Waals surface area contributed by atoms with Crippen molar-refractivity contribution >= 4 is 50.8 Å². The quantitative estimate of drug-likeness (QED) is 0.615. The number of carbonyl (C=O) groups excluding carboxylic acids is 2. The van der Waals surface area contributed by atoms with Crippen LogP contribution >= 0.6 is 39.0 Å². The third-order valence-corrected chi connectivity index (χ3v) is 5.64. The van der Waals surface area contributed by atoms with Crippen molar-refractivity contribution < 1.29 is 14.0 Å². The van der Waals surface area contributed by atoms with Crippen LogP contribution in [-0.4, -0.2) is 30.7 Å². The second kappa shape index (κ2) is 9.79. The van der Waals surface area contributed by atoms with Gasteiger partial charge in [-0.1, -0.05) is 0 Å². The van der Waals surface area contributed by atoms with E-state index in [0.717, 1.165) is 15.3 Å². The van der Waals surface area contributed by atoms with Crippen LogP contribution in [0.15, 0.2) is 38.7 Å². The molecule has 0 saturated carbocycles. The van der Waals surface area contributed by atoms with E-state index < -0.39 is 0 Å². The van der Waals surface area contributed by atoms with Crippen LogP contribution in [-0.2, 0) is 10.5 Å². The third-order valence-electron chi connectivity index (χ3n) is 2.82. The summed E-state index contributed by atoms with van der Waals surface area (Å²) in [5.74, 6) is 1.69. The van der Waals surface area contributed by atoms with Crippen molar-refractivity contribution in [2.45, 2.75) is 12.2 Å². The van der Waals surface area contributed by atoms with Crippen LogP contribution in [0.5, 0.6) is 0 Å². The summed E-state index contributed by atoms with van der Waals surface area (Å²) >= 11 is 6.94. The summed E-state index contributed by atoms with van der Waals surface area (Å²) in [5.41, 5.74) is 0. The summed E-state index contributed by atoms with van der Waals surface area (Å²) in [4.78, 5) is 24.5. The molecule has 0 saturated heterocycles. The fraction of sp³-hybridized carbons (Fsp3) is 0.333. The number of thiophene rings is 1. The Morgan fingerprint density at radius 2 is 2.09 bits per heavy atom. The van der Waals surface area contributed by atoms with Gasteiger partial charge in [0.25, 0.3) is 5.91 Å². The third kappa shape index (κ3) is 6.80. The largest absolute Gasteiger partial charge is 0.459 e. The maximum atomic E-state index is 11.6. The fourth-order valence-electron chi connectivity index (χ4n) is 1.74. The Bertz CT molecular complexity index is 628. The molecule has 0 radical (unpaired) electrons. The molecule has 2 rings (SSSR count). The number of rotatable bonds is 9. The molecule has 124 valence electrons. The molecule has 0 aromatic carbocycles. The van der Waals surface area contributed by atoms with Crippen LogP contribution in [0.2, 0.25) is 0 Å². The molecular weight excluding hydrogens is 400 g/mol. The molecule has 2 aromatic rings. The van der Waals surface area contributed by atoms with Crippen molar-refractivity contribution in [2.75, 3.05) is 18.8 Å². The molecule has 5 nitrogen and oxygen atoms in total. The Kier molecular flexibility index (Phi) is 7.70. The van der Waals surface area contributed by atoms with Crippen molar-refractivity contribution in [3.63, 3.8) is 0 Å². The summed E-state index contributed by atoms with van der Waals surface area (Å²) in [7, 11) is 0. The lowest BCUT2D eigenvalue weighted by molar-refractivity contribution is -0.120. The van der Waals surface area contributed by atoms with E-state index in [4.69, 9.17) is 4.42 Å². The molecule has 0 fully saturated rings. The normalized spacial score (nSPS) is 10.5. The number of halogens is 1. The molecule has 8 heteroatoms. The standard InChI is InChI=1S/C15H17BrN2O3S2/c16-13-4-3-11(23-13)10-22-9-7-17-14(19)5-6-18-15(20)12-2-1-8-21-12/h1-4,8H,5-7,9-10H2,(H,17,19)(H,18,20). The van der Waals surface area contributed by atoms with Crippen molar-refractivity contribution in [3.8, 4) is 0 Å². The number of hydrogen-bond acceptors (Lipinski definition) is 5. The van der Waals surface area contributed by atoms with Gasteiger partial charge >= 0.3 is 0 Å². The average molecular weight is 417 g/mol. The first-order valence-electron chi connectivity index (χ1n) is 7.05. The van der Waals surface area contributed by atoms with Crippen LogP contribution < -0.4 is 10.6 Å². The number of furan rings is 1. The van der Waals surface area contributed by atoms with E-state index in [9.17, 15) is 9.59 Å². The first-order valence-corrected chi connectivity index (χ1v) is 9.82. The highest BCUT2D eigenvalue weighted by molar-refractivity contribution is 9.11. The van der Waals surface area contributed by atoms with Gasteiger partial charge in [-0.3, -0.25) is 9.59 Å². The zero-order valence-electron chi connectivity index (χ0n) is 12.3. The van der Waals surface area contributed by atoms with Crippen molar-refractivity contribution in [1.82, 2.24) is 10.6 Å². The summed E-state index contributed by atoms with van der Waals surface area (Å²) < 4.78 is 6.10. The molecule has 23 heavy (non-hydrogen) atoms. The van der Waals surface area contributed by atoms with Gasteiger partial charge < -0.3 is 15.1 Å². The summed E-state index contributed by atoms with van der Waals surface area (Å²) in [5, 5.41) is 5.48. The Morgan fingerprint density at radius 1 is 1.22 bits per heavy atom. The van der Waals surface area contributed by atoms with Gasteiger partial charge in [0, 0.05) is 35.9 Å². The van der Waals surface area contributed by atoms with E-state index in [0.29, 0.717) is 13.1 Å². The van der Waals surface area contributed by atoms with Crippen LogP contribution in [0.25, 0.3) is 0 Å². The molecule has 2 aromatic heterocycles. The Labute approximate surface area is 151 Å². The molecule has 0 atom stereocenters. The molecule has 0 spiro atoms. The zero-order chi connectivity index (χ0) is 16.5. The minimum Gasteiger partial charge on any atom is -0.459 e. The van der Waals surface area contributed by atoms with Crippen LogP contribution in [0.4, 0.5) is 0 Å². The topological polar surface area (TPSA) is 71.3 Å². The van der Waals surface area contributed by atoms with E-state index in [-0.39, 0.29) is 24.0 Å².